The third kappa shape index (κ3) is 2.88. The highest BCUT2D eigenvalue weighted by Crippen LogP contribution is 2.23. The molecule has 18 heavy (non-hydrogen) atoms. The van der Waals surface area contributed by atoms with E-state index in [2.05, 4.69) is 0 Å². The van der Waals surface area contributed by atoms with Gasteiger partial charge in [0.15, 0.2) is 0 Å². The lowest BCUT2D eigenvalue weighted by atomic mass is 9.89. The van der Waals surface area contributed by atoms with E-state index < -0.39 is 11.9 Å². The Morgan fingerprint density at radius 2 is 1.50 bits per heavy atom. The first kappa shape index (κ1) is 14.2. The van der Waals surface area contributed by atoms with E-state index in [0.29, 0.717) is 24.0 Å². The van der Waals surface area contributed by atoms with Gasteiger partial charge in [0.2, 0.25) is 0 Å². The highest BCUT2D eigenvalue weighted by molar-refractivity contribution is 5.95. The molecule has 0 atom stereocenters. The Bertz CT molecular complexity index is 475. The molecule has 0 unspecified atom stereocenters. The van der Waals surface area contributed by atoms with Crippen LogP contribution >= 0.6 is 0 Å². The number of benzene rings is 1. The fourth-order valence-corrected chi connectivity index (χ4v) is 2.14. The van der Waals surface area contributed by atoms with E-state index >= 15 is 0 Å². The molecule has 1 aromatic carbocycles. The van der Waals surface area contributed by atoms with Crippen molar-refractivity contribution in [2.45, 2.75) is 33.6 Å². The predicted octanol–water partition coefficient (Wildman–Crippen LogP) is 2.84. The summed E-state index contributed by atoms with van der Waals surface area (Å²) >= 11 is 0. The largest absolute Gasteiger partial charge is 0.478 e. The molecule has 4 nitrogen and oxygen atoms in total. The number of aromatic carboxylic acids is 2. The van der Waals surface area contributed by atoms with Crippen LogP contribution in [0.4, 0.5) is 0 Å². The number of hydrogen-bond donors (Lipinski definition) is 2. The normalized spacial score (nSPS) is 10.7. The fraction of sp³-hybridized carbons (Fsp3) is 0.429. The van der Waals surface area contributed by atoms with Gasteiger partial charge in [-0.05, 0) is 42.0 Å². The maximum absolute atomic E-state index is 11.2. The van der Waals surface area contributed by atoms with Gasteiger partial charge in [-0.1, -0.05) is 20.8 Å². The zero-order chi connectivity index (χ0) is 13.9. The van der Waals surface area contributed by atoms with E-state index in [-0.39, 0.29) is 17.0 Å². The molecule has 0 heterocycles. The fourth-order valence-electron chi connectivity index (χ4n) is 2.14. The first-order valence-electron chi connectivity index (χ1n) is 5.99. The van der Waals surface area contributed by atoms with Crippen LogP contribution in [0.3, 0.4) is 0 Å². The van der Waals surface area contributed by atoms with E-state index in [1.165, 1.54) is 12.1 Å². The molecule has 0 saturated heterocycles. The van der Waals surface area contributed by atoms with Crippen molar-refractivity contribution in [1.82, 2.24) is 0 Å². The molecule has 0 radical (unpaired) electrons. The summed E-state index contributed by atoms with van der Waals surface area (Å²) in [5, 5.41) is 18.3. The van der Waals surface area contributed by atoms with Gasteiger partial charge in [-0.2, -0.15) is 0 Å². The summed E-state index contributed by atoms with van der Waals surface area (Å²) < 4.78 is 0. The van der Waals surface area contributed by atoms with Gasteiger partial charge in [-0.3, -0.25) is 0 Å². The first-order chi connectivity index (χ1) is 8.38. The number of hydrogen-bond acceptors (Lipinski definition) is 2. The van der Waals surface area contributed by atoms with E-state index in [1.54, 1.807) is 0 Å². The van der Waals surface area contributed by atoms with Crippen molar-refractivity contribution in [3.63, 3.8) is 0 Å². The second-order valence-corrected chi connectivity index (χ2v) is 4.68. The summed E-state index contributed by atoms with van der Waals surface area (Å²) in [6, 6.07) is 2.77. The van der Waals surface area contributed by atoms with E-state index in [4.69, 9.17) is 5.11 Å². The molecule has 1 aromatic rings. The molecule has 0 aromatic heterocycles. The Balaban J connectivity index is 3.50. The second kappa shape index (κ2) is 5.67. The van der Waals surface area contributed by atoms with Crippen LogP contribution in [0.1, 0.15) is 52.6 Å². The lowest BCUT2D eigenvalue weighted by molar-refractivity contribution is 0.0679. The Hall–Kier alpha value is -1.84. The first-order valence-corrected chi connectivity index (χ1v) is 5.99. The van der Waals surface area contributed by atoms with Crippen molar-refractivity contribution >= 4 is 11.9 Å². The van der Waals surface area contributed by atoms with Crippen molar-refractivity contribution in [1.29, 1.82) is 0 Å². The summed E-state index contributed by atoms with van der Waals surface area (Å²) in [5.74, 6) is -1.73. The average molecular weight is 250 g/mol. The minimum Gasteiger partial charge on any atom is -0.478 e. The molecule has 0 aliphatic rings. The minimum absolute atomic E-state index is 0.207. The summed E-state index contributed by atoms with van der Waals surface area (Å²) in [7, 11) is 0. The maximum Gasteiger partial charge on any atom is 0.335 e. The monoisotopic (exact) mass is 250 g/mol. The highest BCUT2D eigenvalue weighted by Gasteiger charge is 2.20. The minimum atomic E-state index is -1.01. The van der Waals surface area contributed by atoms with E-state index in [1.807, 2.05) is 20.8 Å². The smallest absolute Gasteiger partial charge is 0.335 e. The standard InChI is InChI=1S/C14H18O4/c1-4-9-10(13(15)16)5-6-11(14(17)18)12(9)7-8(2)3/h5-6,8H,4,7H2,1-3H3,(H,15,16)(H,17,18). The molecule has 0 saturated carbocycles. The Kier molecular flexibility index (Phi) is 4.48. The Morgan fingerprint density at radius 3 is 1.83 bits per heavy atom. The van der Waals surface area contributed by atoms with Crippen molar-refractivity contribution in [3.05, 3.63) is 34.4 Å². The lowest BCUT2D eigenvalue weighted by Crippen LogP contribution is -2.13. The molecule has 2 N–H and O–H groups in total. The van der Waals surface area contributed by atoms with Crippen molar-refractivity contribution in [2.24, 2.45) is 5.92 Å². The number of carboxylic acids is 2. The van der Waals surface area contributed by atoms with Gasteiger partial charge >= 0.3 is 11.9 Å². The third-order valence-electron chi connectivity index (χ3n) is 2.86. The summed E-state index contributed by atoms with van der Waals surface area (Å²) in [6.45, 7) is 5.81. The van der Waals surface area contributed by atoms with E-state index in [0.717, 1.165) is 0 Å². The van der Waals surface area contributed by atoms with Crippen molar-refractivity contribution in [2.75, 3.05) is 0 Å². The van der Waals surface area contributed by atoms with Crippen LogP contribution in [0.25, 0.3) is 0 Å². The Labute approximate surface area is 106 Å². The molecule has 0 bridgehead atoms. The molecule has 4 heteroatoms. The number of carbonyl (C=O) groups is 2. The third-order valence-corrected chi connectivity index (χ3v) is 2.86. The van der Waals surface area contributed by atoms with Gasteiger partial charge in [0.25, 0.3) is 0 Å². The van der Waals surface area contributed by atoms with Gasteiger partial charge in [0, 0.05) is 0 Å². The molecule has 98 valence electrons. The molecule has 0 fully saturated rings. The van der Waals surface area contributed by atoms with Crippen LogP contribution in [0.15, 0.2) is 12.1 Å². The molecular formula is C14H18O4. The van der Waals surface area contributed by atoms with Crippen molar-refractivity contribution in [3.8, 4) is 0 Å². The molecule has 0 spiro atoms. The average Bonchev–Trinajstić information content (AvgIpc) is 2.26. The van der Waals surface area contributed by atoms with Gasteiger partial charge < -0.3 is 10.2 Å². The zero-order valence-corrected chi connectivity index (χ0v) is 10.9. The number of rotatable bonds is 5. The molecule has 0 amide bonds. The quantitative estimate of drug-likeness (QED) is 0.842. The van der Waals surface area contributed by atoms with Crippen LogP contribution in [0.5, 0.6) is 0 Å². The van der Waals surface area contributed by atoms with E-state index in [9.17, 15) is 14.7 Å². The summed E-state index contributed by atoms with van der Waals surface area (Å²) in [4.78, 5) is 22.4. The lowest BCUT2D eigenvalue weighted by Gasteiger charge is -2.16. The summed E-state index contributed by atoms with van der Waals surface area (Å²) in [6.07, 6.45) is 1.09. The number of carboxylic acid groups (broad SMARTS) is 2. The van der Waals surface area contributed by atoms with Gasteiger partial charge in [0.1, 0.15) is 0 Å². The van der Waals surface area contributed by atoms with Crippen LogP contribution in [0.2, 0.25) is 0 Å². The molecule has 0 aliphatic carbocycles. The van der Waals surface area contributed by atoms with Gasteiger partial charge in [0.05, 0.1) is 11.1 Å². The Morgan fingerprint density at radius 1 is 1.06 bits per heavy atom. The summed E-state index contributed by atoms with van der Waals surface area (Å²) in [5.41, 5.74) is 1.71. The second-order valence-electron chi connectivity index (χ2n) is 4.68. The van der Waals surface area contributed by atoms with Gasteiger partial charge in [-0.15, -0.1) is 0 Å². The van der Waals surface area contributed by atoms with Crippen LogP contribution in [-0.4, -0.2) is 22.2 Å². The zero-order valence-electron chi connectivity index (χ0n) is 10.9. The van der Waals surface area contributed by atoms with Crippen LogP contribution < -0.4 is 0 Å². The molecule has 1 rings (SSSR count). The maximum atomic E-state index is 11.2. The molecule has 0 aliphatic heterocycles. The van der Waals surface area contributed by atoms with Crippen molar-refractivity contribution < 1.29 is 19.8 Å². The highest BCUT2D eigenvalue weighted by atomic mass is 16.4. The molecular weight excluding hydrogens is 232 g/mol. The van der Waals surface area contributed by atoms with Gasteiger partial charge in [-0.25, -0.2) is 9.59 Å². The van der Waals surface area contributed by atoms with Crippen LogP contribution in [-0.2, 0) is 12.8 Å². The van der Waals surface area contributed by atoms with Crippen LogP contribution in [0, 0.1) is 5.92 Å². The predicted molar refractivity (Wildman–Crippen MR) is 68.3 cm³/mol. The SMILES string of the molecule is CCc1c(C(=O)O)ccc(C(=O)O)c1CC(C)C. The topological polar surface area (TPSA) is 74.6 Å².